The number of anilines is 2. The number of ether oxygens (including phenoxy) is 2. The van der Waals surface area contributed by atoms with Gasteiger partial charge in [0.2, 0.25) is 11.8 Å². The Morgan fingerprint density at radius 2 is 2.03 bits per heavy atom. The summed E-state index contributed by atoms with van der Waals surface area (Å²) in [6, 6.07) is 1.69. The van der Waals surface area contributed by atoms with Crippen LogP contribution in [-0.4, -0.2) is 60.2 Å². The van der Waals surface area contributed by atoms with E-state index in [1.54, 1.807) is 13.2 Å². The van der Waals surface area contributed by atoms with E-state index in [4.69, 9.17) is 9.47 Å². The van der Waals surface area contributed by atoms with Crippen molar-refractivity contribution in [1.29, 1.82) is 0 Å². The van der Waals surface area contributed by atoms with Crippen LogP contribution in [0.1, 0.15) is 30.8 Å². The molecule has 31 heavy (non-hydrogen) atoms. The van der Waals surface area contributed by atoms with Gasteiger partial charge in [0.15, 0.2) is 5.13 Å². The van der Waals surface area contributed by atoms with Gasteiger partial charge in [0.1, 0.15) is 5.82 Å². The van der Waals surface area contributed by atoms with Crippen LogP contribution in [0.3, 0.4) is 0 Å². The first-order valence-corrected chi connectivity index (χ1v) is 10.7. The van der Waals surface area contributed by atoms with Crippen molar-refractivity contribution in [2.45, 2.75) is 39.3 Å². The molecule has 1 aliphatic rings. The Morgan fingerprint density at radius 1 is 1.23 bits per heavy atom. The second kappa shape index (κ2) is 10.2. The number of fused-ring (bicyclic) bond motifs is 1. The number of methoxy groups -OCH3 is 2. The molecule has 0 atom stereocenters. The van der Waals surface area contributed by atoms with Crippen molar-refractivity contribution in [3.05, 3.63) is 16.6 Å². The minimum Gasteiger partial charge on any atom is -0.481 e. The smallest absolute Gasteiger partial charge is 0.321 e. The van der Waals surface area contributed by atoms with Gasteiger partial charge in [-0.15, -0.1) is 0 Å². The molecular formula is C19H27N7O4S. The molecule has 0 bridgehead atoms. The van der Waals surface area contributed by atoms with E-state index in [2.05, 4.69) is 35.8 Å². The maximum absolute atomic E-state index is 12.1. The molecule has 0 spiro atoms. The van der Waals surface area contributed by atoms with E-state index in [9.17, 15) is 9.59 Å². The third-order valence-corrected chi connectivity index (χ3v) is 5.42. The van der Waals surface area contributed by atoms with Crippen LogP contribution in [-0.2, 0) is 17.8 Å². The predicted octanol–water partition coefficient (Wildman–Crippen LogP) is 1.55. The van der Waals surface area contributed by atoms with Crippen LogP contribution in [0.2, 0.25) is 0 Å². The SMILES string of the molecule is COc1cc(N2CCc3nc(NC(=O)NCCC(=O)NC(C)C)sc3C2)nc(OC)n1. The number of carbonyl (C=O) groups excluding carboxylic acids is 2. The lowest BCUT2D eigenvalue weighted by molar-refractivity contribution is -0.121. The number of thiazole rings is 1. The second-order valence-corrected chi connectivity index (χ2v) is 8.25. The highest BCUT2D eigenvalue weighted by molar-refractivity contribution is 7.15. The van der Waals surface area contributed by atoms with Crippen molar-refractivity contribution < 1.29 is 19.1 Å². The summed E-state index contributed by atoms with van der Waals surface area (Å²) in [5, 5.41) is 8.73. The van der Waals surface area contributed by atoms with Gasteiger partial charge in [0, 0.05) is 42.9 Å². The molecule has 2 aromatic rings. The Kier molecular flexibility index (Phi) is 7.45. The van der Waals surface area contributed by atoms with Gasteiger partial charge in [-0.05, 0) is 13.8 Å². The Labute approximate surface area is 184 Å². The predicted molar refractivity (Wildman–Crippen MR) is 117 cm³/mol. The maximum atomic E-state index is 12.1. The fourth-order valence-corrected chi connectivity index (χ4v) is 4.04. The van der Waals surface area contributed by atoms with Gasteiger partial charge in [-0.1, -0.05) is 11.3 Å². The molecule has 0 saturated heterocycles. The molecule has 3 amide bonds. The average Bonchev–Trinajstić information content (AvgIpc) is 3.13. The molecule has 0 radical (unpaired) electrons. The Balaban J connectivity index is 1.57. The zero-order valence-corrected chi connectivity index (χ0v) is 18.8. The van der Waals surface area contributed by atoms with Gasteiger partial charge in [-0.3, -0.25) is 10.1 Å². The number of rotatable bonds is 8. The molecule has 3 rings (SSSR count). The van der Waals surface area contributed by atoms with Crippen molar-refractivity contribution in [2.75, 3.05) is 37.5 Å². The van der Waals surface area contributed by atoms with Crippen molar-refractivity contribution in [2.24, 2.45) is 0 Å². The summed E-state index contributed by atoms with van der Waals surface area (Å²) in [5.74, 6) is 1.03. The Hall–Kier alpha value is -3.15. The first-order chi connectivity index (χ1) is 14.9. The number of carbonyl (C=O) groups is 2. The molecule has 0 saturated carbocycles. The van der Waals surface area contributed by atoms with Gasteiger partial charge in [-0.25, -0.2) is 9.78 Å². The fourth-order valence-electron chi connectivity index (χ4n) is 3.02. The summed E-state index contributed by atoms with van der Waals surface area (Å²) < 4.78 is 10.4. The molecule has 1 aliphatic heterocycles. The molecule has 168 valence electrons. The highest BCUT2D eigenvalue weighted by Gasteiger charge is 2.23. The lowest BCUT2D eigenvalue weighted by Crippen LogP contribution is -2.35. The molecule has 12 heteroatoms. The van der Waals surface area contributed by atoms with Crippen molar-refractivity contribution in [1.82, 2.24) is 25.6 Å². The number of hydrogen-bond donors (Lipinski definition) is 3. The lowest BCUT2D eigenvalue weighted by atomic mass is 10.2. The van der Waals surface area contributed by atoms with E-state index in [-0.39, 0.29) is 37.0 Å². The standard InChI is InChI=1S/C19H27N7O4S/c1-11(2)21-15(27)5-7-20-17(28)25-19-22-12-6-8-26(10-13(12)31-19)14-9-16(29-3)24-18(23-14)30-4/h9,11H,5-8,10H2,1-4H3,(H,21,27)(H2,20,22,25,28). The summed E-state index contributed by atoms with van der Waals surface area (Å²) in [7, 11) is 3.05. The number of nitrogens with one attached hydrogen (secondary N) is 3. The van der Waals surface area contributed by atoms with E-state index in [1.165, 1.54) is 18.4 Å². The summed E-state index contributed by atoms with van der Waals surface area (Å²) in [5.41, 5.74) is 0.959. The van der Waals surface area contributed by atoms with Crippen LogP contribution in [0.15, 0.2) is 6.07 Å². The molecule has 0 unspecified atom stereocenters. The van der Waals surface area contributed by atoms with Gasteiger partial charge < -0.3 is 25.0 Å². The van der Waals surface area contributed by atoms with Crippen LogP contribution >= 0.6 is 11.3 Å². The van der Waals surface area contributed by atoms with E-state index in [0.717, 1.165) is 23.5 Å². The Bertz CT molecular complexity index is 912. The first-order valence-electron chi connectivity index (χ1n) is 9.92. The average molecular weight is 450 g/mol. The highest BCUT2D eigenvalue weighted by Crippen LogP contribution is 2.31. The quantitative estimate of drug-likeness (QED) is 0.553. The lowest BCUT2D eigenvalue weighted by Gasteiger charge is -2.27. The second-order valence-electron chi connectivity index (χ2n) is 7.17. The number of hydrogen-bond acceptors (Lipinski definition) is 9. The molecule has 0 aliphatic carbocycles. The molecule has 0 fully saturated rings. The normalized spacial score (nSPS) is 12.9. The van der Waals surface area contributed by atoms with Gasteiger partial charge in [-0.2, -0.15) is 9.97 Å². The van der Waals surface area contributed by atoms with Crippen LogP contribution in [0.5, 0.6) is 11.9 Å². The number of urea groups is 1. The van der Waals surface area contributed by atoms with E-state index < -0.39 is 0 Å². The zero-order chi connectivity index (χ0) is 22.4. The summed E-state index contributed by atoms with van der Waals surface area (Å²) >= 11 is 1.42. The van der Waals surface area contributed by atoms with Gasteiger partial charge >= 0.3 is 12.0 Å². The van der Waals surface area contributed by atoms with Crippen molar-refractivity contribution in [3.8, 4) is 11.9 Å². The molecule has 0 aromatic carbocycles. The minimum atomic E-state index is -0.384. The topological polar surface area (TPSA) is 131 Å². The summed E-state index contributed by atoms with van der Waals surface area (Å²) in [6.45, 7) is 5.36. The third-order valence-electron chi connectivity index (χ3n) is 4.42. The van der Waals surface area contributed by atoms with Crippen molar-refractivity contribution >= 4 is 34.2 Å². The number of nitrogens with zero attached hydrogens (tertiary/aromatic N) is 4. The van der Waals surface area contributed by atoms with Crippen molar-refractivity contribution in [3.63, 3.8) is 0 Å². The van der Waals surface area contributed by atoms with Crippen LogP contribution in [0, 0.1) is 0 Å². The summed E-state index contributed by atoms with van der Waals surface area (Å²) in [6.07, 6.45) is 0.944. The molecule has 2 aromatic heterocycles. The number of aromatic nitrogens is 3. The van der Waals surface area contributed by atoms with Crippen LogP contribution < -0.4 is 30.3 Å². The molecule has 3 heterocycles. The van der Waals surface area contributed by atoms with Gasteiger partial charge in [0.25, 0.3) is 0 Å². The maximum Gasteiger partial charge on any atom is 0.321 e. The van der Waals surface area contributed by atoms with Gasteiger partial charge in [0.05, 0.1) is 26.5 Å². The highest BCUT2D eigenvalue weighted by atomic mass is 32.1. The van der Waals surface area contributed by atoms with E-state index in [1.807, 2.05) is 13.8 Å². The van der Waals surface area contributed by atoms with E-state index >= 15 is 0 Å². The zero-order valence-electron chi connectivity index (χ0n) is 18.0. The van der Waals surface area contributed by atoms with Crippen LogP contribution in [0.4, 0.5) is 15.7 Å². The largest absolute Gasteiger partial charge is 0.481 e. The summed E-state index contributed by atoms with van der Waals surface area (Å²) in [4.78, 5) is 39.9. The fraction of sp³-hybridized carbons (Fsp3) is 0.526. The first kappa shape index (κ1) is 22.5. The minimum absolute atomic E-state index is 0.0760. The monoisotopic (exact) mass is 449 g/mol. The van der Waals surface area contributed by atoms with E-state index in [0.29, 0.717) is 23.4 Å². The van der Waals surface area contributed by atoms with Crippen LogP contribution in [0.25, 0.3) is 0 Å². The number of amides is 3. The molecular weight excluding hydrogens is 422 g/mol. The third kappa shape index (κ3) is 6.17. The molecule has 11 nitrogen and oxygen atoms in total. The Morgan fingerprint density at radius 3 is 2.74 bits per heavy atom. The molecule has 3 N–H and O–H groups in total.